The third-order valence-corrected chi connectivity index (χ3v) is 3.02. The predicted octanol–water partition coefficient (Wildman–Crippen LogP) is 2.05. The van der Waals surface area contributed by atoms with E-state index in [2.05, 4.69) is 14.9 Å². The summed E-state index contributed by atoms with van der Waals surface area (Å²) >= 11 is 5.93. The van der Waals surface area contributed by atoms with Gasteiger partial charge in [-0.2, -0.15) is 0 Å². The van der Waals surface area contributed by atoms with Crippen LogP contribution in [0.3, 0.4) is 0 Å². The third kappa shape index (κ3) is 2.62. The lowest BCUT2D eigenvalue weighted by atomic mass is 10.1. The van der Waals surface area contributed by atoms with Gasteiger partial charge in [0.1, 0.15) is 16.8 Å². The zero-order chi connectivity index (χ0) is 11.5. The fourth-order valence-corrected chi connectivity index (χ4v) is 2.24. The summed E-state index contributed by atoms with van der Waals surface area (Å²) in [6, 6.07) is 1.81. The zero-order valence-electron chi connectivity index (χ0n) is 9.61. The number of hydrogen-bond acceptors (Lipinski definition) is 4. The molecule has 2 rings (SSSR count). The van der Waals surface area contributed by atoms with Crippen molar-refractivity contribution in [1.29, 1.82) is 0 Å². The maximum absolute atomic E-state index is 5.93. The summed E-state index contributed by atoms with van der Waals surface area (Å²) < 4.78 is 5.39. The van der Waals surface area contributed by atoms with Crippen LogP contribution in [0.2, 0.25) is 5.15 Å². The molecule has 1 atom stereocenters. The Kier molecular flexibility index (Phi) is 3.61. The topological polar surface area (TPSA) is 38.2 Å². The highest BCUT2D eigenvalue weighted by Crippen LogP contribution is 2.21. The molecule has 0 N–H and O–H groups in total. The van der Waals surface area contributed by atoms with Crippen LogP contribution in [-0.4, -0.2) is 36.3 Å². The summed E-state index contributed by atoms with van der Waals surface area (Å²) in [6.45, 7) is 3.74. The Morgan fingerprint density at radius 2 is 2.31 bits per heavy atom. The van der Waals surface area contributed by atoms with Crippen molar-refractivity contribution in [2.75, 3.05) is 25.1 Å². The first-order valence-corrected chi connectivity index (χ1v) is 5.86. The van der Waals surface area contributed by atoms with Gasteiger partial charge >= 0.3 is 0 Å². The van der Waals surface area contributed by atoms with Crippen LogP contribution in [0.4, 0.5) is 5.82 Å². The second-order valence-corrected chi connectivity index (χ2v) is 4.43. The van der Waals surface area contributed by atoms with Gasteiger partial charge in [0, 0.05) is 26.3 Å². The number of aryl methyl sites for hydroxylation is 1. The number of nitrogens with zero attached hydrogens (tertiary/aromatic N) is 3. The molecule has 1 unspecified atom stereocenters. The summed E-state index contributed by atoms with van der Waals surface area (Å²) in [5, 5.41) is 0.502. The average Bonchev–Trinajstić information content (AvgIpc) is 2.28. The molecule has 0 bridgehead atoms. The van der Waals surface area contributed by atoms with Crippen molar-refractivity contribution in [3.05, 3.63) is 17.0 Å². The molecular formula is C11H16ClN3O. The molecule has 16 heavy (non-hydrogen) atoms. The lowest BCUT2D eigenvalue weighted by molar-refractivity contribution is 0.0891. The number of anilines is 1. The Hall–Kier alpha value is -0.870. The largest absolute Gasteiger partial charge is 0.380 e. The molecule has 1 fully saturated rings. The lowest BCUT2D eigenvalue weighted by Crippen LogP contribution is -2.39. The van der Waals surface area contributed by atoms with E-state index < -0.39 is 0 Å². The molecule has 1 aromatic rings. The van der Waals surface area contributed by atoms with E-state index in [0.29, 0.717) is 17.1 Å². The molecule has 88 valence electrons. The van der Waals surface area contributed by atoms with Crippen LogP contribution in [-0.2, 0) is 4.74 Å². The van der Waals surface area contributed by atoms with E-state index in [4.69, 9.17) is 16.3 Å². The van der Waals surface area contributed by atoms with Crippen LogP contribution >= 0.6 is 11.6 Å². The minimum absolute atomic E-state index is 0.294. The fourth-order valence-electron chi connectivity index (χ4n) is 2.02. The second-order valence-electron chi connectivity index (χ2n) is 4.04. The van der Waals surface area contributed by atoms with Crippen molar-refractivity contribution in [3.63, 3.8) is 0 Å². The highest BCUT2D eigenvalue weighted by molar-refractivity contribution is 6.29. The van der Waals surface area contributed by atoms with Gasteiger partial charge < -0.3 is 9.64 Å². The second kappa shape index (κ2) is 4.97. The van der Waals surface area contributed by atoms with Crippen LogP contribution in [0.1, 0.15) is 18.7 Å². The Bertz CT molecular complexity index is 352. The molecule has 0 amide bonds. The zero-order valence-corrected chi connectivity index (χ0v) is 10.4. The standard InChI is InChI=1S/C11H16ClN3O/c1-8-13-10(12)6-11(14-8)15-5-3-4-9(7-15)16-2/h6,9H,3-5,7H2,1-2H3. The molecule has 0 saturated carbocycles. The Balaban J connectivity index is 2.16. The van der Waals surface area contributed by atoms with E-state index in [-0.39, 0.29) is 0 Å². The van der Waals surface area contributed by atoms with Gasteiger partial charge in [0.05, 0.1) is 6.10 Å². The Morgan fingerprint density at radius 3 is 3.00 bits per heavy atom. The van der Waals surface area contributed by atoms with Gasteiger partial charge in [0.15, 0.2) is 0 Å². The van der Waals surface area contributed by atoms with E-state index in [9.17, 15) is 0 Å². The van der Waals surface area contributed by atoms with Gasteiger partial charge in [0.2, 0.25) is 0 Å². The lowest BCUT2D eigenvalue weighted by Gasteiger charge is -2.32. The van der Waals surface area contributed by atoms with Crippen molar-refractivity contribution < 1.29 is 4.74 Å². The van der Waals surface area contributed by atoms with Crippen LogP contribution in [0.15, 0.2) is 6.07 Å². The third-order valence-electron chi connectivity index (χ3n) is 2.83. The molecule has 0 spiro atoms. The molecular weight excluding hydrogens is 226 g/mol. The molecule has 5 heteroatoms. The minimum atomic E-state index is 0.294. The van der Waals surface area contributed by atoms with Crippen LogP contribution < -0.4 is 4.90 Å². The first-order valence-electron chi connectivity index (χ1n) is 5.48. The first-order chi connectivity index (χ1) is 7.69. The van der Waals surface area contributed by atoms with Crippen molar-refractivity contribution >= 4 is 17.4 Å². The van der Waals surface area contributed by atoms with Crippen molar-refractivity contribution in [1.82, 2.24) is 9.97 Å². The number of rotatable bonds is 2. The monoisotopic (exact) mass is 241 g/mol. The molecule has 4 nitrogen and oxygen atoms in total. The summed E-state index contributed by atoms with van der Waals surface area (Å²) in [4.78, 5) is 10.7. The molecule has 0 radical (unpaired) electrons. The quantitative estimate of drug-likeness (QED) is 0.743. The van der Waals surface area contributed by atoms with E-state index in [1.54, 1.807) is 7.11 Å². The summed E-state index contributed by atoms with van der Waals surface area (Å²) in [5.41, 5.74) is 0. The molecule has 0 aliphatic carbocycles. The van der Waals surface area contributed by atoms with E-state index in [1.807, 2.05) is 13.0 Å². The van der Waals surface area contributed by atoms with E-state index in [1.165, 1.54) is 0 Å². The van der Waals surface area contributed by atoms with Crippen LogP contribution in [0.5, 0.6) is 0 Å². The van der Waals surface area contributed by atoms with Gasteiger partial charge in [0.25, 0.3) is 0 Å². The maximum Gasteiger partial charge on any atom is 0.134 e. The van der Waals surface area contributed by atoms with E-state index >= 15 is 0 Å². The minimum Gasteiger partial charge on any atom is -0.380 e. The predicted molar refractivity (Wildman–Crippen MR) is 64.0 cm³/mol. The molecule has 1 aliphatic rings. The number of aromatic nitrogens is 2. The molecule has 1 aliphatic heterocycles. The first kappa shape index (κ1) is 11.6. The average molecular weight is 242 g/mol. The summed E-state index contributed by atoms with van der Waals surface area (Å²) in [6.07, 6.45) is 2.53. The number of piperidine rings is 1. The number of halogens is 1. The fraction of sp³-hybridized carbons (Fsp3) is 0.636. The van der Waals surface area contributed by atoms with E-state index in [0.717, 1.165) is 31.7 Å². The molecule has 0 aromatic carbocycles. The summed E-state index contributed by atoms with van der Waals surface area (Å²) in [7, 11) is 1.76. The Morgan fingerprint density at radius 1 is 1.50 bits per heavy atom. The highest BCUT2D eigenvalue weighted by atomic mass is 35.5. The number of hydrogen-bond donors (Lipinski definition) is 0. The smallest absolute Gasteiger partial charge is 0.134 e. The molecule has 1 saturated heterocycles. The van der Waals surface area contributed by atoms with Gasteiger partial charge in [-0.25, -0.2) is 9.97 Å². The van der Waals surface area contributed by atoms with Gasteiger partial charge in [-0.15, -0.1) is 0 Å². The normalized spacial score (nSPS) is 21.2. The number of methoxy groups -OCH3 is 1. The molecule has 2 heterocycles. The van der Waals surface area contributed by atoms with Crippen molar-refractivity contribution in [2.45, 2.75) is 25.9 Å². The van der Waals surface area contributed by atoms with Gasteiger partial charge in [-0.3, -0.25) is 0 Å². The SMILES string of the molecule is COC1CCCN(c2cc(Cl)nc(C)n2)C1. The number of ether oxygens (including phenoxy) is 1. The summed E-state index contributed by atoms with van der Waals surface area (Å²) in [5.74, 6) is 1.61. The molecule has 1 aromatic heterocycles. The van der Waals surface area contributed by atoms with Gasteiger partial charge in [-0.1, -0.05) is 11.6 Å². The maximum atomic E-state index is 5.93. The van der Waals surface area contributed by atoms with Gasteiger partial charge in [-0.05, 0) is 19.8 Å². The van der Waals surface area contributed by atoms with Crippen molar-refractivity contribution in [3.8, 4) is 0 Å². The highest BCUT2D eigenvalue weighted by Gasteiger charge is 2.20. The van der Waals surface area contributed by atoms with Crippen LogP contribution in [0.25, 0.3) is 0 Å². The Labute approximate surface area is 101 Å². The van der Waals surface area contributed by atoms with Crippen molar-refractivity contribution in [2.24, 2.45) is 0 Å². The van der Waals surface area contributed by atoms with Crippen LogP contribution in [0, 0.1) is 6.92 Å².